The Bertz CT molecular complexity index is 1900. The number of nitriles is 1. The average molecular weight is 741 g/mol. The number of hydrogen-bond acceptors (Lipinski definition) is 8. The van der Waals surface area contributed by atoms with E-state index in [0.29, 0.717) is 16.0 Å². The minimum atomic E-state index is -4.70. The van der Waals surface area contributed by atoms with Crippen molar-refractivity contribution in [3.05, 3.63) is 75.3 Å². The number of fused-ring (bicyclic) bond motifs is 1. The van der Waals surface area contributed by atoms with E-state index in [9.17, 15) is 32.8 Å². The van der Waals surface area contributed by atoms with Crippen LogP contribution in [0.2, 0.25) is 0 Å². The van der Waals surface area contributed by atoms with Gasteiger partial charge >= 0.3 is 18.4 Å². The van der Waals surface area contributed by atoms with E-state index in [1.54, 1.807) is 89.8 Å². The Hall–Kier alpha value is -4.84. The van der Waals surface area contributed by atoms with Gasteiger partial charge in [-0.15, -0.1) is 11.3 Å². The second-order valence-electron chi connectivity index (χ2n) is 14.7. The molecule has 5 rings (SSSR count). The molecular weight excluding hydrogens is 698 g/mol. The normalized spacial score (nSPS) is 18.3. The summed E-state index contributed by atoms with van der Waals surface area (Å²) in [5.41, 5.74) is -0.920. The number of aryl methyl sites for hydroxylation is 1. The fourth-order valence-electron chi connectivity index (χ4n) is 6.26. The molecule has 1 fully saturated rings. The third kappa shape index (κ3) is 8.78. The van der Waals surface area contributed by atoms with Gasteiger partial charge in [0.05, 0.1) is 12.6 Å². The van der Waals surface area contributed by atoms with Gasteiger partial charge in [0.25, 0.3) is 0 Å². The molecule has 0 radical (unpaired) electrons. The van der Waals surface area contributed by atoms with Gasteiger partial charge in [-0.2, -0.15) is 23.5 Å². The molecule has 1 unspecified atom stereocenters. The maximum atomic E-state index is 14.2. The van der Waals surface area contributed by atoms with Crippen LogP contribution < -0.4 is 0 Å². The minimum absolute atomic E-state index is 0.0571. The lowest BCUT2D eigenvalue weighted by atomic mass is 9.83. The SMILES string of the molecule is CCn1cc(-c2ccccc2[C@@H]2CN(C(=O)/C=C/C3CN(C(=O)OC(C)(C)C)CCN3C(=O)OC(C)(C)C)Cc3sc(C#N)cc32)c(C(F)(F)F)n1. The summed E-state index contributed by atoms with van der Waals surface area (Å²) >= 11 is 1.23. The number of amides is 3. The van der Waals surface area contributed by atoms with Gasteiger partial charge in [0.1, 0.15) is 22.1 Å². The molecule has 2 aliphatic heterocycles. The molecule has 2 aliphatic rings. The summed E-state index contributed by atoms with van der Waals surface area (Å²) in [6.45, 7) is 13.2. The van der Waals surface area contributed by atoms with Crippen LogP contribution in [-0.2, 0) is 33.5 Å². The molecule has 0 saturated carbocycles. The molecular formula is C37H43F3N6O5S. The molecule has 15 heteroatoms. The predicted molar refractivity (Wildman–Crippen MR) is 188 cm³/mol. The van der Waals surface area contributed by atoms with E-state index in [4.69, 9.17) is 9.47 Å². The summed E-state index contributed by atoms with van der Waals surface area (Å²) < 4.78 is 55.1. The van der Waals surface area contributed by atoms with E-state index < -0.39 is 53.1 Å². The fourth-order valence-corrected chi connectivity index (χ4v) is 7.29. The van der Waals surface area contributed by atoms with E-state index in [0.717, 1.165) is 10.4 Å². The van der Waals surface area contributed by atoms with Gasteiger partial charge in [-0.3, -0.25) is 14.4 Å². The lowest BCUT2D eigenvalue weighted by Crippen LogP contribution is -2.57. The summed E-state index contributed by atoms with van der Waals surface area (Å²) in [4.78, 5) is 45.9. The van der Waals surface area contributed by atoms with Crippen LogP contribution in [-0.4, -0.2) is 86.0 Å². The highest BCUT2D eigenvalue weighted by atomic mass is 32.1. The zero-order valence-corrected chi connectivity index (χ0v) is 31.1. The monoisotopic (exact) mass is 740 g/mol. The Labute approximate surface area is 305 Å². The number of halogens is 3. The van der Waals surface area contributed by atoms with Gasteiger partial charge in [-0.05, 0) is 71.2 Å². The first-order valence-electron chi connectivity index (χ1n) is 17.0. The number of ether oxygens (including phenoxy) is 2. The van der Waals surface area contributed by atoms with Gasteiger partial charge in [0, 0.05) is 61.4 Å². The van der Waals surface area contributed by atoms with Gasteiger partial charge in [-0.1, -0.05) is 30.3 Å². The van der Waals surface area contributed by atoms with E-state index in [2.05, 4.69) is 11.2 Å². The van der Waals surface area contributed by atoms with Crippen molar-refractivity contribution in [2.45, 2.75) is 90.9 Å². The third-order valence-electron chi connectivity index (χ3n) is 8.52. The second-order valence-corrected chi connectivity index (χ2v) is 15.9. The largest absolute Gasteiger partial charge is 0.444 e. The number of rotatable bonds is 5. The molecule has 278 valence electrons. The van der Waals surface area contributed by atoms with E-state index in [1.807, 2.05) is 0 Å². The number of thiophene rings is 1. The molecule has 52 heavy (non-hydrogen) atoms. The van der Waals surface area contributed by atoms with E-state index in [-0.39, 0.29) is 44.8 Å². The van der Waals surface area contributed by atoms with E-state index >= 15 is 0 Å². The molecule has 4 heterocycles. The summed E-state index contributed by atoms with van der Waals surface area (Å²) in [5.74, 6) is -0.967. The zero-order valence-electron chi connectivity index (χ0n) is 30.3. The first-order chi connectivity index (χ1) is 24.3. The summed E-state index contributed by atoms with van der Waals surface area (Å²) in [6.07, 6.45) is -1.55. The Balaban J connectivity index is 1.48. The van der Waals surface area contributed by atoms with Crippen LogP contribution in [0.3, 0.4) is 0 Å². The summed E-state index contributed by atoms with van der Waals surface area (Å²) in [7, 11) is 0. The van der Waals surface area contributed by atoms with Crippen molar-refractivity contribution in [3.8, 4) is 17.2 Å². The molecule has 1 saturated heterocycles. The maximum Gasteiger partial charge on any atom is 0.435 e. The Morgan fingerprint density at radius 3 is 2.27 bits per heavy atom. The van der Waals surface area contributed by atoms with Crippen molar-refractivity contribution in [1.29, 1.82) is 5.26 Å². The predicted octanol–water partition coefficient (Wildman–Crippen LogP) is 7.41. The minimum Gasteiger partial charge on any atom is -0.444 e. The van der Waals surface area contributed by atoms with Crippen molar-refractivity contribution in [3.63, 3.8) is 0 Å². The highest BCUT2D eigenvalue weighted by molar-refractivity contribution is 7.12. The number of hydrogen-bond donors (Lipinski definition) is 0. The van der Waals surface area contributed by atoms with Gasteiger partial charge < -0.3 is 19.3 Å². The Morgan fingerprint density at radius 2 is 1.63 bits per heavy atom. The first-order valence-corrected chi connectivity index (χ1v) is 17.8. The molecule has 3 aromatic rings. The molecule has 2 atom stereocenters. The van der Waals surface area contributed by atoms with Crippen molar-refractivity contribution in [1.82, 2.24) is 24.5 Å². The topological polar surface area (TPSA) is 121 Å². The van der Waals surface area contributed by atoms with Gasteiger partial charge in [0.2, 0.25) is 5.91 Å². The maximum absolute atomic E-state index is 14.2. The quantitative estimate of drug-likeness (QED) is 0.250. The first kappa shape index (κ1) is 38.4. The second kappa shape index (κ2) is 14.7. The Kier molecular flexibility index (Phi) is 10.8. The number of piperazine rings is 1. The molecule has 2 aromatic heterocycles. The molecule has 0 bridgehead atoms. The number of aromatic nitrogens is 2. The van der Waals surface area contributed by atoms with Crippen molar-refractivity contribution < 1.29 is 37.0 Å². The van der Waals surface area contributed by atoms with Crippen LogP contribution in [0.25, 0.3) is 11.1 Å². The number of alkyl halides is 3. The van der Waals surface area contributed by atoms with Crippen LogP contribution in [0.1, 0.15) is 81.0 Å². The van der Waals surface area contributed by atoms with Gasteiger partial charge in [-0.25, -0.2) is 9.59 Å². The van der Waals surface area contributed by atoms with Crippen molar-refractivity contribution in [2.24, 2.45) is 0 Å². The van der Waals surface area contributed by atoms with Crippen LogP contribution >= 0.6 is 11.3 Å². The molecule has 1 aromatic carbocycles. The van der Waals surface area contributed by atoms with Crippen LogP contribution in [0, 0.1) is 11.3 Å². The standard InChI is InChI=1S/C37H43F3N6O5S/c1-8-45-21-29(32(42-45)37(38,39)40)26-12-10-9-11-25(26)28-20-44(22-30-27(28)17-24(18-41)52-30)31(47)14-13-23-19-43(33(48)50-35(2,3)4)15-16-46(23)34(49)51-36(5,6)7/h9-14,17,21,23,28H,8,15-16,19-20,22H2,1-7H3/b14-13+/t23?,28-/m0/s1. The van der Waals surface area contributed by atoms with Gasteiger partial charge in [0.15, 0.2) is 5.69 Å². The molecule has 0 N–H and O–H groups in total. The number of carbonyl (C=O) groups is 3. The van der Waals surface area contributed by atoms with Crippen molar-refractivity contribution >= 4 is 29.4 Å². The highest BCUT2D eigenvalue weighted by Gasteiger charge is 2.40. The summed E-state index contributed by atoms with van der Waals surface area (Å²) in [6, 6.07) is 9.93. The lowest BCUT2D eigenvalue weighted by molar-refractivity contribution is -0.141. The molecule has 3 amide bonds. The van der Waals surface area contributed by atoms with Crippen LogP contribution in [0.5, 0.6) is 0 Å². The smallest absolute Gasteiger partial charge is 0.435 e. The molecule has 11 nitrogen and oxygen atoms in total. The number of nitrogens with zero attached hydrogens (tertiary/aromatic N) is 6. The summed E-state index contributed by atoms with van der Waals surface area (Å²) in [5, 5.41) is 13.6. The zero-order chi connectivity index (χ0) is 38.2. The van der Waals surface area contributed by atoms with Crippen molar-refractivity contribution in [2.75, 3.05) is 26.2 Å². The third-order valence-corrected chi connectivity index (χ3v) is 9.56. The molecule has 0 spiro atoms. The highest BCUT2D eigenvalue weighted by Crippen LogP contribution is 2.44. The van der Waals surface area contributed by atoms with Crippen LogP contribution in [0.4, 0.5) is 22.8 Å². The average Bonchev–Trinajstić information content (AvgIpc) is 3.70. The fraction of sp³-hybridized carbons (Fsp3) is 0.486. The number of benzene rings is 1. The Morgan fingerprint density at radius 1 is 0.962 bits per heavy atom. The lowest BCUT2D eigenvalue weighted by Gasteiger charge is -2.40. The van der Waals surface area contributed by atoms with Crippen LogP contribution in [0.15, 0.2) is 48.7 Å². The number of carbonyl (C=O) groups excluding carboxylic acids is 3. The molecule has 0 aliphatic carbocycles. The van der Waals surface area contributed by atoms with E-state index in [1.165, 1.54) is 38.1 Å².